The van der Waals surface area contributed by atoms with Crippen molar-refractivity contribution in [3.8, 4) is 17.2 Å². The summed E-state index contributed by atoms with van der Waals surface area (Å²) < 4.78 is 15.7. The molecule has 2 aromatic carbocycles. The highest BCUT2D eigenvalue weighted by molar-refractivity contribution is 5.96. The molecule has 3 rings (SSSR count). The molecule has 0 saturated carbocycles. The number of hydrogen-bond acceptors (Lipinski definition) is 6. The van der Waals surface area contributed by atoms with E-state index in [0.29, 0.717) is 22.4 Å². The molecule has 1 N–H and O–H groups in total. The second kappa shape index (κ2) is 7.19. The molecule has 0 fully saturated rings. The third-order valence-corrected chi connectivity index (χ3v) is 3.80. The van der Waals surface area contributed by atoms with Crippen LogP contribution < -0.4 is 9.47 Å². The number of fused-ring (bicyclic) bond motifs is 1. The summed E-state index contributed by atoms with van der Waals surface area (Å²) in [5.41, 5.74) is 0.503. The summed E-state index contributed by atoms with van der Waals surface area (Å²) in [6.07, 6.45) is 1.57. The average Bonchev–Trinajstić information content (AvgIpc) is 2.67. The van der Waals surface area contributed by atoms with Crippen LogP contribution in [0.25, 0.3) is 10.8 Å². The number of aliphatic hydroxyl groups excluding tert-OH is 1. The molecule has 0 atom stereocenters. The minimum atomic E-state index is -0.590. The van der Waals surface area contributed by atoms with Crippen LogP contribution in [0.2, 0.25) is 0 Å². The maximum absolute atomic E-state index is 11.8. The Bertz CT molecular complexity index is 906. The first-order valence-corrected chi connectivity index (χ1v) is 7.59. The molecule has 6 nitrogen and oxygen atoms in total. The zero-order chi connectivity index (χ0) is 17.8. The topological polar surface area (TPSA) is 77.9 Å². The minimum Gasteiger partial charge on any atom is -0.497 e. The summed E-state index contributed by atoms with van der Waals surface area (Å²) in [5.74, 6) is 1.37. The van der Waals surface area contributed by atoms with E-state index in [9.17, 15) is 9.90 Å². The standard InChI is InChI=1S/C19H17NO5/c1-23-13-5-7-14(8-6-13)25-15-4-3-12-10-20-18(19(22)24-2)17(11-21)16(12)9-15/h3-10,21H,11H2,1-2H3. The van der Waals surface area contributed by atoms with Gasteiger partial charge in [0, 0.05) is 17.1 Å². The lowest BCUT2D eigenvalue weighted by atomic mass is 10.0. The van der Waals surface area contributed by atoms with Gasteiger partial charge in [0.2, 0.25) is 0 Å². The van der Waals surface area contributed by atoms with Crippen molar-refractivity contribution >= 4 is 16.7 Å². The minimum absolute atomic E-state index is 0.0964. The fourth-order valence-corrected chi connectivity index (χ4v) is 2.52. The highest BCUT2D eigenvalue weighted by atomic mass is 16.5. The van der Waals surface area contributed by atoms with Gasteiger partial charge in [-0.3, -0.25) is 0 Å². The highest BCUT2D eigenvalue weighted by Crippen LogP contribution is 2.29. The molecule has 6 heteroatoms. The summed E-state index contributed by atoms with van der Waals surface area (Å²) in [5, 5.41) is 11.2. The maximum Gasteiger partial charge on any atom is 0.357 e. The lowest BCUT2D eigenvalue weighted by Crippen LogP contribution is -2.09. The first kappa shape index (κ1) is 16.7. The van der Waals surface area contributed by atoms with E-state index in [4.69, 9.17) is 14.2 Å². The number of carbonyl (C=O) groups excluding carboxylic acids is 1. The number of nitrogens with zero attached hydrogens (tertiary/aromatic N) is 1. The highest BCUT2D eigenvalue weighted by Gasteiger charge is 2.16. The van der Waals surface area contributed by atoms with Gasteiger partial charge in [0.1, 0.15) is 17.2 Å². The summed E-state index contributed by atoms with van der Waals surface area (Å²) in [6, 6.07) is 12.6. The number of ether oxygens (including phenoxy) is 3. The van der Waals surface area contributed by atoms with E-state index in [1.165, 1.54) is 7.11 Å². The Morgan fingerprint density at radius 3 is 2.36 bits per heavy atom. The quantitative estimate of drug-likeness (QED) is 0.719. The van der Waals surface area contributed by atoms with E-state index in [1.807, 2.05) is 6.07 Å². The van der Waals surface area contributed by atoms with Gasteiger partial charge in [-0.1, -0.05) is 0 Å². The summed E-state index contributed by atoms with van der Waals surface area (Å²) in [7, 11) is 2.88. The van der Waals surface area contributed by atoms with Crippen molar-refractivity contribution in [3.63, 3.8) is 0 Å². The molecule has 0 aliphatic carbocycles. The Kier molecular flexibility index (Phi) is 4.81. The van der Waals surface area contributed by atoms with Gasteiger partial charge in [-0.25, -0.2) is 9.78 Å². The van der Waals surface area contributed by atoms with Crippen molar-refractivity contribution < 1.29 is 24.1 Å². The Balaban J connectivity index is 2.00. The van der Waals surface area contributed by atoms with Crippen molar-refractivity contribution in [1.29, 1.82) is 0 Å². The van der Waals surface area contributed by atoms with Crippen molar-refractivity contribution in [3.05, 3.63) is 59.9 Å². The van der Waals surface area contributed by atoms with Crippen LogP contribution in [0.4, 0.5) is 0 Å². The van der Waals surface area contributed by atoms with Crippen LogP contribution in [0, 0.1) is 0 Å². The van der Waals surface area contributed by atoms with Gasteiger partial charge in [-0.15, -0.1) is 0 Å². The van der Waals surface area contributed by atoms with E-state index in [0.717, 1.165) is 11.1 Å². The molecule has 25 heavy (non-hydrogen) atoms. The van der Waals surface area contributed by atoms with Gasteiger partial charge in [-0.2, -0.15) is 0 Å². The number of methoxy groups -OCH3 is 2. The number of aliphatic hydroxyl groups is 1. The molecule has 0 aliphatic rings. The van der Waals surface area contributed by atoms with Gasteiger partial charge >= 0.3 is 5.97 Å². The summed E-state index contributed by atoms with van der Waals surface area (Å²) in [6.45, 7) is -0.333. The number of rotatable bonds is 5. The first-order chi connectivity index (χ1) is 12.2. The fourth-order valence-electron chi connectivity index (χ4n) is 2.52. The Hall–Kier alpha value is -3.12. The SMILES string of the molecule is COC(=O)c1ncc2ccc(Oc3ccc(OC)cc3)cc2c1CO. The zero-order valence-electron chi connectivity index (χ0n) is 13.9. The average molecular weight is 339 g/mol. The molecular weight excluding hydrogens is 322 g/mol. The van der Waals surface area contributed by atoms with Crippen molar-refractivity contribution in [1.82, 2.24) is 4.98 Å². The van der Waals surface area contributed by atoms with Crippen LogP contribution in [0.15, 0.2) is 48.7 Å². The maximum atomic E-state index is 11.8. The molecule has 0 amide bonds. The fraction of sp³-hybridized carbons (Fsp3) is 0.158. The van der Waals surface area contributed by atoms with Crippen molar-refractivity contribution in [2.24, 2.45) is 0 Å². The number of carbonyl (C=O) groups is 1. The monoisotopic (exact) mass is 339 g/mol. The first-order valence-electron chi connectivity index (χ1n) is 7.59. The normalized spacial score (nSPS) is 10.5. The van der Waals surface area contributed by atoms with E-state index >= 15 is 0 Å². The molecule has 1 heterocycles. The van der Waals surface area contributed by atoms with Crippen LogP contribution in [-0.2, 0) is 11.3 Å². The molecule has 3 aromatic rings. The van der Waals surface area contributed by atoms with Crippen LogP contribution in [0.5, 0.6) is 17.2 Å². The summed E-state index contributed by atoms with van der Waals surface area (Å²) in [4.78, 5) is 15.9. The number of benzene rings is 2. The molecule has 0 aliphatic heterocycles. The number of pyridine rings is 1. The molecular formula is C19H17NO5. The Morgan fingerprint density at radius 2 is 1.72 bits per heavy atom. The molecule has 0 unspecified atom stereocenters. The third kappa shape index (κ3) is 3.39. The smallest absolute Gasteiger partial charge is 0.357 e. The van der Waals surface area contributed by atoms with Crippen molar-refractivity contribution in [2.45, 2.75) is 6.61 Å². The largest absolute Gasteiger partial charge is 0.497 e. The van der Waals surface area contributed by atoms with Gasteiger partial charge in [0.05, 0.1) is 20.8 Å². The van der Waals surface area contributed by atoms with Crippen LogP contribution in [-0.4, -0.2) is 30.3 Å². The molecule has 0 spiro atoms. The molecule has 0 bridgehead atoms. The van der Waals surface area contributed by atoms with E-state index < -0.39 is 5.97 Å². The Labute approximate surface area is 144 Å². The van der Waals surface area contributed by atoms with Crippen LogP contribution in [0.3, 0.4) is 0 Å². The van der Waals surface area contributed by atoms with E-state index in [2.05, 4.69) is 4.98 Å². The van der Waals surface area contributed by atoms with Crippen LogP contribution >= 0.6 is 0 Å². The van der Waals surface area contributed by atoms with Gasteiger partial charge in [-0.05, 0) is 47.9 Å². The number of hydrogen-bond donors (Lipinski definition) is 1. The van der Waals surface area contributed by atoms with E-state index in [1.54, 1.807) is 49.7 Å². The predicted octanol–water partition coefficient (Wildman–Crippen LogP) is 3.31. The van der Waals surface area contributed by atoms with Crippen molar-refractivity contribution in [2.75, 3.05) is 14.2 Å². The molecule has 128 valence electrons. The number of esters is 1. The second-order valence-corrected chi connectivity index (χ2v) is 5.26. The lowest BCUT2D eigenvalue weighted by molar-refractivity contribution is 0.0590. The molecule has 0 radical (unpaired) electrons. The Morgan fingerprint density at radius 1 is 1.04 bits per heavy atom. The molecule has 0 saturated heterocycles. The third-order valence-electron chi connectivity index (χ3n) is 3.80. The second-order valence-electron chi connectivity index (χ2n) is 5.26. The van der Waals surface area contributed by atoms with Gasteiger partial charge in [0.15, 0.2) is 5.69 Å². The van der Waals surface area contributed by atoms with Gasteiger partial charge < -0.3 is 19.3 Å². The van der Waals surface area contributed by atoms with Crippen LogP contribution in [0.1, 0.15) is 16.1 Å². The lowest BCUT2D eigenvalue weighted by Gasteiger charge is -2.11. The van der Waals surface area contributed by atoms with E-state index in [-0.39, 0.29) is 12.3 Å². The van der Waals surface area contributed by atoms with Gasteiger partial charge in [0.25, 0.3) is 0 Å². The predicted molar refractivity (Wildman–Crippen MR) is 92.1 cm³/mol. The summed E-state index contributed by atoms with van der Waals surface area (Å²) >= 11 is 0. The zero-order valence-corrected chi connectivity index (χ0v) is 13.9. The number of aromatic nitrogens is 1. The molecule has 1 aromatic heterocycles.